The lowest BCUT2D eigenvalue weighted by molar-refractivity contribution is -0.384. The number of nitrogens with zero attached hydrogens (tertiary/aromatic N) is 4. The number of guanidine groups is 2. The van der Waals surface area contributed by atoms with Crippen LogP contribution in [-0.4, -0.2) is 79.0 Å². The predicted octanol–water partition coefficient (Wildman–Crippen LogP) is 4.62. The summed E-state index contributed by atoms with van der Waals surface area (Å²) in [5.74, 6) is -2.10. The Morgan fingerprint density at radius 1 is 0.815 bits per heavy atom. The lowest BCUT2D eigenvalue weighted by Crippen LogP contribution is -2.63. The minimum absolute atomic E-state index is 0.0421. The summed E-state index contributed by atoms with van der Waals surface area (Å²) in [6, 6.07) is 21.9. The number of nitro groups is 1. The van der Waals surface area contributed by atoms with Gasteiger partial charge in [0.15, 0.2) is 31.6 Å². The number of aliphatic imine (C=N–C) groups is 2. The number of benzene rings is 4. The van der Waals surface area contributed by atoms with E-state index < -0.39 is 42.5 Å². The van der Waals surface area contributed by atoms with Crippen LogP contribution in [0.15, 0.2) is 117 Å². The Bertz CT molecular complexity index is 2220. The number of nitrogens with one attached hydrogen (secondary N) is 4. The molecule has 0 spiro atoms. The molecule has 0 fully saturated rings. The third kappa shape index (κ3) is 11.5. The Morgan fingerprint density at radius 2 is 1.28 bits per heavy atom. The van der Waals surface area contributed by atoms with Gasteiger partial charge in [-0.2, -0.15) is 0 Å². The van der Waals surface area contributed by atoms with Crippen molar-refractivity contribution in [2.24, 2.45) is 15.7 Å². The van der Waals surface area contributed by atoms with Crippen LogP contribution < -0.4 is 36.6 Å². The van der Waals surface area contributed by atoms with Crippen LogP contribution in [0.25, 0.3) is 0 Å². The second-order valence-electron chi connectivity index (χ2n) is 11.6. The normalized spacial score (nSPS) is 13.7. The molecule has 4 aromatic carbocycles. The summed E-state index contributed by atoms with van der Waals surface area (Å²) >= 11 is 0. The van der Waals surface area contributed by atoms with Crippen molar-refractivity contribution in [2.45, 2.75) is 21.9 Å². The standard InChI is InChI=1S/C33H36F3N9O7S2/c1-38-31(40-22-7-17-28(18-8-22)53(3,48)49)43-32(41-23-5-11-26(12-6-23)45(46)47,42-24-9-19-29(20-10-24)54(4,50)51)21-39-30(37)44(2)25-13-15-27(16-14-25)52-33(34,35)36/h5-20,41-42H,21H2,1-4H3,(H2,37,39)(H2,38,40,43). The number of nitrogens with two attached hydrogens (primary N) is 1. The van der Waals surface area contributed by atoms with Crippen LogP contribution in [0.3, 0.4) is 0 Å². The molecule has 0 bridgehead atoms. The van der Waals surface area contributed by atoms with Gasteiger partial charge in [0.1, 0.15) is 12.3 Å². The highest BCUT2D eigenvalue weighted by atomic mass is 32.2. The first-order valence-electron chi connectivity index (χ1n) is 15.5. The van der Waals surface area contributed by atoms with Crippen LogP contribution in [0, 0.1) is 10.1 Å². The number of hydrogen-bond donors (Lipinski definition) is 5. The van der Waals surface area contributed by atoms with Crippen molar-refractivity contribution < 1.29 is 39.7 Å². The van der Waals surface area contributed by atoms with Gasteiger partial charge in [0.25, 0.3) is 5.69 Å². The predicted molar refractivity (Wildman–Crippen MR) is 200 cm³/mol. The zero-order valence-electron chi connectivity index (χ0n) is 29.1. The first-order chi connectivity index (χ1) is 25.2. The number of hydrogen-bond acceptors (Lipinski definition) is 11. The summed E-state index contributed by atoms with van der Waals surface area (Å²) in [5.41, 5.74) is 7.68. The summed E-state index contributed by atoms with van der Waals surface area (Å²) in [5, 5.41) is 24.1. The van der Waals surface area contributed by atoms with Crippen LogP contribution in [0.5, 0.6) is 5.75 Å². The lowest BCUT2D eigenvalue weighted by Gasteiger charge is -2.38. The number of alkyl halides is 3. The monoisotopic (exact) mass is 791 g/mol. The number of anilines is 4. The van der Waals surface area contributed by atoms with E-state index in [1.165, 1.54) is 104 Å². The number of rotatable bonds is 13. The molecule has 0 saturated heterocycles. The van der Waals surface area contributed by atoms with Gasteiger partial charge in [0.05, 0.1) is 14.7 Å². The molecular formula is C33H36F3N9O7S2. The molecule has 0 aromatic heterocycles. The summed E-state index contributed by atoms with van der Waals surface area (Å²) in [6.45, 7) is -0.309. The zero-order valence-corrected chi connectivity index (χ0v) is 30.8. The van der Waals surface area contributed by atoms with Crippen molar-refractivity contribution in [3.63, 3.8) is 0 Å². The van der Waals surface area contributed by atoms with Gasteiger partial charge in [-0.05, 0) is 84.9 Å². The summed E-state index contributed by atoms with van der Waals surface area (Å²) in [4.78, 5) is 21.2. The summed E-state index contributed by atoms with van der Waals surface area (Å²) in [6.07, 6.45) is -2.75. The summed E-state index contributed by atoms with van der Waals surface area (Å²) < 4.78 is 90.4. The van der Waals surface area contributed by atoms with Gasteiger partial charge in [-0.25, -0.2) is 21.8 Å². The Kier molecular flexibility index (Phi) is 12.3. The van der Waals surface area contributed by atoms with E-state index >= 15 is 0 Å². The largest absolute Gasteiger partial charge is 0.573 e. The minimum atomic E-state index is -4.88. The highest BCUT2D eigenvalue weighted by Crippen LogP contribution is 2.26. The van der Waals surface area contributed by atoms with Gasteiger partial charge in [-0.1, -0.05) is 0 Å². The van der Waals surface area contributed by atoms with Gasteiger partial charge in [-0.15, -0.1) is 13.2 Å². The van der Waals surface area contributed by atoms with E-state index in [0.717, 1.165) is 24.6 Å². The molecule has 1 unspecified atom stereocenters. The van der Waals surface area contributed by atoms with Crippen molar-refractivity contribution >= 4 is 60.0 Å². The van der Waals surface area contributed by atoms with Crippen LogP contribution in [0.1, 0.15) is 0 Å². The maximum absolute atomic E-state index is 12.7. The average molecular weight is 792 g/mol. The van der Waals surface area contributed by atoms with E-state index in [9.17, 15) is 40.1 Å². The first-order valence-corrected chi connectivity index (χ1v) is 19.3. The maximum Gasteiger partial charge on any atom is 0.573 e. The molecule has 4 rings (SSSR count). The van der Waals surface area contributed by atoms with Crippen molar-refractivity contribution in [3.8, 4) is 5.75 Å². The smallest absolute Gasteiger partial charge is 0.406 e. The minimum Gasteiger partial charge on any atom is -0.406 e. The SMILES string of the molecule is CN=C(Nc1ccc(S(C)(=O)=O)cc1)NC(CN=C(N)N(C)c1ccc(OC(F)(F)F)cc1)(Nc1ccc([N+](=O)[O-])cc1)Nc1ccc(S(C)(=O)=O)cc1. The van der Waals surface area contributed by atoms with Crippen LogP contribution >= 0.6 is 0 Å². The van der Waals surface area contributed by atoms with E-state index in [1.807, 2.05) is 0 Å². The molecule has 6 N–H and O–H groups in total. The molecule has 0 aliphatic carbocycles. The molecule has 16 nitrogen and oxygen atoms in total. The van der Waals surface area contributed by atoms with E-state index in [4.69, 9.17) is 5.73 Å². The second-order valence-corrected chi connectivity index (χ2v) is 15.7. The highest BCUT2D eigenvalue weighted by molar-refractivity contribution is 7.91. The van der Waals surface area contributed by atoms with Gasteiger partial charge >= 0.3 is 6.36 Å². The van der Waals surface area contributed by atoms with Crippen molar-refractivity contribution in [1.82, 2.24) is 5.32 Å². The first kappa shape index (κ1) is 40.7. The number of non-ortho nitro benzene ring substituents is 1. The van der Waals surface area contributed by atoms with E-state index in [0.29, 0.717) is 22.7 Å². The molecule has 4 aromatic rings. The number of nitro benzene ring substituents is 1. The average Bonchev–Trinajstić information content (AvgIpc) is 3.09. The molecule has 0 aliphatic heterocycles. The Morgan fingerprint density at radius 3 is 1.70 bits per heavy atom. The fourth-order valence-electron chi connectivity index (χ4n) is 4.73. The Labute approximate surface area is 308 Å². The molecule has 288 valence electrons. The molecule has 0 radical (unpaired) electrons. The fourth-order valence-corrected chi connectivity index (χ4v) is 5.99. The molecule has 0 amide bonds. The van der Waals surface area contributed by atoms with Crippen LogP contribution in [0.4, 0.5) is 41.6 Å². The van der Waals surface area contributed by atoms with Crippen LogP contribution in [0.2, 0.25) is 0 Å². The van der Waals surface area contributed by atoms with E-state index in [2.05, 4.69) is 36.0 Å². The van der Waals surface area contributed by atoms with Gasteiger partial charge in [0, 0.05) is 61.5 Å². The second kappa shape index (κ2) is 16.3. The molecule has 1 atom stereocenters. The van der Waals surface area contributed by atoms with E-state index in [1.54, 1.807) is 0 Å². The quantitative estimate of drug-likeness (QED) is 0.0411. The molecule has 54 heavy (non-hydrogen) atoms. The number of halogens is 3. The van der Waals surface area contributed by atoms with Gasteiger partial charge in [-0.3, -0.25) is 15.1 Å². The van der Waals surface area contributed by atoms with Crippen molar-refractivity contribution in [3.05, 3.63) is 107 Å². The van der Waals surface area contributed by atoms with Crippen molar-refractivity contribution in [2.75, 3.05) is 54.0 Å². The zero-order chi connectivity index (χ0) is 39.9. The third-order valence-electron chi connectivity index (χ3n) is 7.46. The topological polar surface area (TPSA) is 223 Å². The molecule has 21 heteroatoms. The van der Waals surface area contributed by atoms with Gasteiger partial charge in [0.2, 0.25) is 5.79 Å². The molecule has 0 aliphatic rings. The van der Waals surface area contributed by atoms with E-state index in [-0.39, 0.29) is 33.9 Å². The Balaban J connectivity index is 1.78. The third-order valence-corrected chi connectivity index (χ3v) is 9.71. The highest BCUT2D eigenvalue weighted by Gasteiger charge is 2.33. The lowest BCUT2D eigenvalue weighted by atomic mass is 10.2. The molecule has 0 heterocycles. The fraction of sp³-hybridized carbons (Fsp3) is 0.212. The maximum atomic E-state index is 12.7. The van der Waals surface area contributed by atoms with Crippen molar-refractivity contribution in [1.29, 1.82) is 0 Å². The molecule has 0 saturated carbocycles. The summed E-state index contributed by atoms with van der Waals surface area (Å²) in [7, 11) is -4.05. The Hall–Kier alpha value is -6.09. The van der Waals surface area contributed by atoms with Gasteiger partial charge < -0.3 is 36.6 Å². The molecular weight excluding hydrogens is 756 g/mol. The number of ether oxygens (including phenoxy) is 1. The van der Waals surface area contributed by atoms with Crippen LogP contribution in [-0.2, 0) is 19.7 Å². The number of sulfone groups is 2.